The maximum atomic E-state index is 12.7. The molecule has 8 heteroatoms. The van der Waals surface area contributed by atoms with E-state index in [0.29, 0.717) is 23.7 Å². The van der Waals surface area contributed by atoms with Gasteiger partial charge in [0.25, 0.3) is 11.7 Å². The summed E-state index contributed by atoms with van der Waals surface area (Å²) in [5.74, 6) is -0.0997. The summed E-state index contributed by atoms with van der Waals surface area (Å²) in [5, 5.41) is 5.31. The summed E-state index contributed by atoms with van der Waals surface area (Å²) in [6.07, 6.45) is 4.66. The fourth-order valence-corrected chi connectivity index (χ4v) is 4.26. The largest absolute Gasteiger partial charge is 0.370 e. The minimum Gasteiger partial charge on any atom is -0.370 e. The molecule has 0 spiro atoms. The number of nitrogens with one attached hydrogen (secondary N) is 2. The highest BCUT2D eigenvalue weighted by Crippen LogP contribution is 2.35. The molecule has 3 amide bonds. The Labute approximate surface area is 181 Å². The Bertz CT molecular complexity index is 1010. The van der Waals surface area contributed by atoms with E-state index in [-0.39, 0.29) is 42.3 Å². The number of hydrogen-bond donors (Lipinski definition) is 2. The molecule has 2 saturated heterocycles. The first-order valence-corrected chi connectivity index (χ1v) is 10.6. The molecule has 0 aromatic heterocycles. The number of carbonyl (C=O) groups is 3. The molecule has 3 aliphatic rings. The number of anilines is 2. The molecular weight excluding hydrogens is 394 g/mol. The summed E-state index contributed by atoms with van der Waals surface area (Å²) >= 11 is 0. The van der Waals surface area contributed by atoms with Crippen LogP contribution in [0.3, 0.4) is 0 Å². The summed E-state index contributed by atoms with van der Waals surface area (Å²) in [5.41, 5.74) is 2.81. The number of hydrogen-bond acceptors (Lipinski definition) is 5. The van der Waals surface area contributed by atoms with Gasteiger partial charge >= 0.3 is 0 Å². The first-order valence-electron chi connectivity index (χ1n) is 10.6. The summed E-state index contributed by atoms with van der Waals surface area (Å²) < 4.78 is 0. The Morgan fingerprint density at radius 3 is 2.58 bits per heavy atom. The highest BCUT2D eigenvalue weighted by atomic mass is 16.2. The molecule has 0 radical (unpaired) electrons. The maximum absolute atomic E-state index is 12.7. The Morgan fingerprint density at radius 2 is 1.94 bits per heavy atom. The third-order valence-electron chi connectivity index (χ3n) is 6.11. The van der Waals surface area contributed by atoms with Gasteiger partial charge in [0.2, 0.25) is 11.8 Å². The third kappa shape index (κ3) is 4.66. The van der Waals surface area contributed by atoms with E-state index in [2.05, 4.69) is 32.3 Å². The van der Waals surface area contributed by atoms with Gasteiger partial charge in [0.05, 0.1) is 11.4 Å². The highest BCUT2D eigenvalue weighted by molar-refractivity contribution is 6.44. The van der Waals surface area contributed by atoms with Crippen LogP contribution in [0.4, 0.5) is 11.4 Å². The van der Waals surface area contributed by atoms with Crippen molar-refractivity contribution in [3.63, 3.8) is 0 Å². The van der Waals surface area contributed by atoms with Crippen LogP contribution in [0.1, 0.15) is 50.5 Å². The van der Waals surface area contributed by atoms with Crippen LogP contribution >= 0.6 is 0 Å². The van der Waals surface area contributed by atoms with E-state index >= 15 is 0 Å². The second-order valence-electron chi connectivity index (χ2n) is 8.41. The van der Waals surface area contributed by atoms with Crippen molar-refractivity contribution < 1.29 is 14.4 Å². The van der Waals surface area contributed by atoms with E-state index in [9.17, 15) is 14.4 Å². The number of rotatable bonds is 4. The molecular formula is C23H25N5O3. The normalized spacial score (nSPS) is 20.1. The molecule has 2 N–H and O–H groups in total. The van der Waals surface area contributed by atoms with Gasteiger partial charge in [-0.05, 0) is 36.5 Å². The van der Waals surface area contributed by atoms with Crippen LogP contribution in [0.2, 0.25) is 0 Å². The van der Waals surface area contributed by atoms with Crippen molar-refractivity contribution in [2.45, 2.75) is 44.9 Å². The lowest BCUT2D eigenvalue weighted by Gasteiger charge is -2.34. The van der Waals surface area contributed by atoms with Crippen LogP contribution in [-0.2, 0) is 14.4 Å². The molecule has 4 rings (SSSR count). The van der Waals surface area contributed by atoms with Crippen molar-refractivity contribution in [3.8, 4) is 0 Å². The maximum Gasteiger partial charge on any atom is 0.294 e. The van der Waals surface area contributed by atoms with E-state index < -0.39 is 0 Å². The van der Waals surface area contributed by atoms with Crippen molar-refractivity contribution in [3.05, 3.63) is 47.1 Å². The molecule has 0 atom stereocenters. The van der Waals surface area contributed by atoms with Gasteiger partial charge in [-0.1, -0.05) is 25.6 Å². The Kier molecular flexibility index (Phi) is 5.85. The second-order valence-corrected chi connectivity index (χ2v) is 8.41. The van der Waals surface area contributed by atoms with Gasteiger partial charge in [-0.15, -0.1) is 4.99 Å². The second kappa shape index (κ2) is 8.72. The number of allylic oxidation sites excluding steroid dienone is 1. The predicted molar refractivity (Wildman–Crippen MR) is 118 cm³/mol. The van der Waals surface area contributed by atoms with Gasteiger partial charge in [-0.2, -0.15) is 0 Å². The van der Waals surface area contributed by atoms with E-state index in [4.69, 9.17) is 6.57 Å². The number of benzene rings is 1. The summed E-state index contributed by atoms with van der Waals surface area (Å²) in [6.45, 7) is 11.0. The van der Waals surface area contributed by atoms with Crippen molar-refractivity contribution >= 4 is 34.8 Å². The number of nitrogens with zero attached hydrogens (tertiary/aromatic N) is 3. The number of carbonyl (C=O) groups excluding carboxylic acids is 3. The van der Waals surface area contributed by atoms with Crippen molar-refractivity contribution in [1.82, 2.24) is 5.32 Å². The summed E-state index contributed by atoms with van der Waals surface area (Å²) in [4.78, 5) is 46.1. The van der Waals surface area contributed by atoms with Gasteiger partial charge in [0.1, 0.15) is 0 Å². The fraction of sp³-hybridized carbons (Fsp3) is 0.435. The van der Waals surface area contributed by atoms with Gasteiger partial charge in [-0.25, -0.2) is 0 Å². The molecule has 31 heavy (non-hydrogen) atoms. The minimum absolute atomic E-state index is 0.168. The topological polar surface area (TPSA) is 95.2 Å². The molecule has 0 saturated carbocycles. The monoisotopic (exact) mass is 419 g/mol. The number of imide groups is 1. The average Bonchev–Trinajstić information content (AvgIpc) is 3.23. The van der Waals surface area contributed by atoms with E-state index in [0.717, 1.165) is 37.2 Å². The molecule has 1 aromatic rings. The van der Waals surface area contributed by atoms with Crippen LogP contribution in [0, 0.1) is 12.5 Å². The summed E-state index contributed by atoms with van der Waals surface area (Å²) in [7, 11) is 0. The molecule has 160 valence electrons. The van der Waals surface area contributed by atoms with Crippen molar-refractivity contribution in [2.24, 2.45) is 10.9 Å². The number of amides is 3. The standard InChI is InChI=1S/C23H25N5O3/c1-14-7-9-28(10-8-14)19-11-15(16-12-21(29)27-22(30)13-16)3-4-17(19)26-23(31)18-5-6-20(24-2)25-18/h3-4,6,11,14,16H,5,7-10,12-13H2,1H3,(H,26,31)(H,27,29,30). The van der Waals surface area contributed by atoms with E-state index in [1.807, 2.05) is 18.2 Å². The molecule has 0 bridgehead atoms. The lowest BCUT2D eigenvalue weighted by molar-refractivity contribution is -0.133. The van der Waals surface area contributed by atoms with Crippen LogP contribution in [0.25, 0.3) is 4.85 Å². The third-order valence-corrected chi connectivity index (χ3v) is 6.11. The zero-order chi connectivity index (χ0) is 22.0. The minimum atomic E-state index is -0.318. The van der Waals surface area contributed by atoms with Crippen LogP contribution in [0.5, 0.6) is 0 Å². The van der Waals surface area contributed by atoms with Crippen molar-refractivity contribution in [1.29, 1.82) is 0 Å². The number of piperidine rings is 2. The van der Waals surface area contributed by atoms with Gasteiger partial charge < -0.3 is 15.1 Å². The lowest BCUT2D eigenvalue weighted by atomic mass is 9.88. The smallest absolute Gasteiger partial charge is 0.294 e. The molecule has 3 heterocycles. The fourth-order valence-electron chi connectivity index (χ4n) is 4.26. The van der Waals surface area contributed by atoms with Crippen LogP contribution in [-0.4, -0.2) is 36.5 Å². The van der Waals surface area contributed by atoms with E-state index in [1.54, 1.807) is 6.08 Å². The number of aliphatic imine (C=N–C) groups is 1. The van der Waals surface area contributed by atoms with Crippen LogP contribution in [0.15, 0.2) is 35.1 Å². The van der Waals surface area contributed by atoms with Gasteiger partial charge in [0.15, 0.2) is 5.71 Å². The molecule has 3 aliphatic heterocycles. The molecule has 0 aliphatic carbocycles. The first kappa shape index (κ1) is 20.8. The zero-order valence-electron chi connectivity index (χ0n) is 17.5. The average molecular weight is 419 g/mol. The first-order chi connectivity index (χ1) is 14.9. The molecule has 0 unspecified atom stereocenters. The Hall–Kier alpha value is -3.47. The van der Waals surface area contributed by atoms with Crippen LogP contribution < -0.4 is 15.5 Å². The quantitative estimate of drug-likeness (QED) is 0.579. The van der Waals surface area contributed by atoms with Gasteiger partial charge in [-0.3, -0.25) is 19.7 Å². The Balaban J connectivity index is 1.61. The Morgan fingerprint density at radius 1 is 1.23 bits per heavy atom. The summed E-state index contributed by atoms with van der Waals surface area (Å²) in [6, 6.07) is 5.72. The molecule has 8 nitrogen and oxygen atoms in total. The zero-order valence-corrected chi connectivity index (χ0v) is 17.5. The molecule has 2 fully saturated rings. The molecule has 1 aromatic carbocycles. The lowest BCUT2D eigenvalue weighted by Crippen LogP contribution is -2.38. The highest BCUT2D eigenvalue weighted by Gasteiger charge is 2.28. The van der Waals surface area contributed by atoms with E-state index in [1.165, 1.54) is 0 Å². The SMILES string of the molecule is [C-]#[N+]C1=CCC(C(=O)Nc2ccc(C3CC(=O)NC(=O)C3)cc2N2CCC(C)CC2)=N1. The predicted octanol–water partition coefficient (Wildman–Crippen LogP) is 2.99. The van der Waals surface area contributed by atoms with Crippen molar-refractivity contribution in [2.75, 3.05) is 23.3 Å². The van der Waals surface area contributed by atoms with Gasteiger partial charge in [0, 0.05) is 38.3 Å².